The van der Waals surface area contributed by atoms with Gasteiger partial charge in [-0.1, -0.05) is 86.3 Å². The lowest BCUT2D eigenvalue weighted by molar-refractivity contribution is -0.879. The second-order valence-electron chi connectivity index (χ2n) is 15.5. The van der Waals surface area contributed by atoms with Crippen molar-refractivity contribution in [2.45, 2.75) is 87.6 Å². The zero-order valence-corrected chi connectivity index (χ0v) is 32.3. The van der Waals surface area contributed by atoms with E-state index < -0.39 is 23.1 Å². The highest BCUT2D eigenvalue weighted by molar-refractivity contribution is 5.82. The van der Waals surface area contributed by atoms with Crippen LogP contribution in [0.5, 0.6) is 0 Å². The van der Waals surface area contributed by atoms with Crippen LogP contribution < -0.4 is 34.0 Å². The predicted molar refractivity (Wildman–Crippen MR) is 177 cm³/mol. The summed E-state index contributed by atoms with van der Waals surface area (Å²) in [6.45, 7) is 3.65. The molecule has 0 bridgehead atoms. The quantitative estimate of drug-likeness (QED) is 0.261. The predicted octanol–water partition coefficient (Wildman–Crippen LogP) is -1.08. The van der Waals surface area contributed by atoms with Crippen molar-refractivity contribution in [3.8, 4) is 0 Å². The third-order valence-electron chi connectivity index (χ3n) is 11.0. The first-order chi connectivity index (χ1) is 21.8. The van der Waals surface area contributed by atoms with Gasteiger partial charge in [0.15, 0.2) is 23.4 Å². The number of quaternary nitrogens is 2. The SMILES string of the molecule is C[N+]1(C)CC[C@@H](OC(=O)[C@](O)(c2ccccc2)C2CCCC2)C1.C[N+]1(C)CC[C@H](OC(=O)[C@@](O)(c2ccccc2)C2CCCC2)C1.[Br-].[Br-]. The molecule has 4 fully saturated rings. The molecule has 0 spiro atoms. The number of hydrogen-bond donors (Lipinski definition) is 2. The topological polar surface area (TPSA) is 93.1 Å². The van der Waals surface area contributed by atoms with Crippen molar-refractivity contribution < 1.29 is 72.2 Å². The van der Waals surface area contributed by atoms with Gasteiger partial charge in [0.2, 0.25) is 0 Å². The molecule has 10 heteroatoms. The van der Waals surface area contributed by atoms with Crippen molar-refractivity contribution in [2.75, 3.05) is 54.4 Å². The first kappa shape index (κ1) is 40.6. The van der Waals surface area contributed by atoms with Gasteiger partial charge in [-0.15, -0.1) is 0 Å². The van der Waals surface area contributed by atoms with Crippen LogP contribution in [-0.2, 0) is 30.3 Å². The largest absolute Gasteiger partial charge is 1.00 e. The molecular formula is C38H56Br2N2O6. The van der Waals surface area contributed by atoms with Gasteiger partial charge in [-0.3, -0.25) is 0 Å². The fourth-order valence-corrected chi connectivity index (χ4v) is 8.24. The number of hydrogen-bond acceptors (Lipinski definition) is 6. The Hall–Kier alpha value is -1.82. The molecule has 2 aliphatic carbocycles. The van der Waals surface area contributed by atoms with E-state index in [1.807, 2.05) is 60.7 Å². The highest BCUT2D eigenvalue weighted by atomic mass is 79.9. The Kier molecular flexibility index (Phi) is 14.3. The van der Waals surface area contributed by atoms with E-state index in [1.165, 1.54) is 0 Å². The number of ether oxygens (including phenoxy) is 2. The standard InChI is InChI=1S/2C19H28NO3.2BrH/c2*1-20(2)13-12-17(14-20)23-18(21)19(22,16-10-6-7-11-16)15-8-4-3-5-9-15;;/h2*3-5,8-9,16-17,22H,6-7,10-14H2,1-2H3;2*1H/q2*+1;;/p-2/t2*17-,19+;;/m10../s1. The molecule has 0 radical (unpaired) electrons. The maximum absolute atomic E-state index is 12.9. The zero-order valence-electron chi connectivity index (χ0n) is 29.2. The Balaban J connectivity index is 0.000000250. The average Bonchev–Trinajstić information content (AvgIpc) is 3.87. The normalized spacial score (nSPS) is 25.7. The van der Waals surface area contributed by atoms with Crippen LogP contribution >= 0.6 is 0 Å². The minimum absolute atomic E-state index is 0. The molecule has 2 saturated carbocycles. The molecule has 2 N–H and O–H groups in total. The summed E-state index contributed by atoms with van der Waals surface area (Å²) in [7, 11) is 8.59. The average molecular weight is 797 g/mol. The van der Waals surface area contributed by atoms with Gasteiger partial charge in [0.05, 0.1) is 41.3 Å². The van der Waals surface area contributed by atoms with E-state index in [4.69, 9.17) is 9.47 Å². The maximum Gasteiger partial charge on any atom is 0.343 e. The van der Waals surface area contributed by atoms with Crippen molar-refractivity contribution in [2.24, 2.45) is 11.8 Å². The molecule has 8 nitrogen and oxygen atoms in total. The van der Waals surface area contributed by atoms with Crippen molar-refractivity contribution in [1.29, 1.82) is 0 Å². The number of carbonyl (C=O) groups is 2. The van der Waals surface area contributed by atoms with Gasteiger partial charge in [0, 0.05) is 24.7 Å². The summed E-state index contributed by atoms with van der Waals surface area (Å²) >= 11 is 0. The maximum atomic E-state index is 12.9. The van der Waals surface area contributed by atoms with Crippen LogP contribution in [0.25, 0.3) is 0 Å². The van der Waals surface area contributed by atoms with Crippen molar-refractivity contribution in [3.63, 3.8) is 0 Å². The number of aliphatic hydroxyl groups is 2. The molecule has 2 aliphatic heterocycles. The number of likely N-dealkylation sites (tertiary alicyclic amines) is 2. The molecule has 0 amide bonds. The Morgan fingerprint density at radius 1 is 0.583 bits per heavy atom. The molecule has 2 aromatic carbocycles. The molecule has 2 heterocycles. The first-order valence-corrected chi connectivity index (χ1v) is 17.5. The molecule has 4 atom stereocenters. The highest BCUT2D eigenvalue weighted by Gasteiger charge is 2.50. The summed E-state index contributed by atoms with van der Waals surface area (Å²) in [5, 5.41) is 22.7. The van der Waals surface area contributed by atoms with Crippen LogP contribution in [0.3, 0.4) is 0 Å². The van der Waals surface area contributed by atoms with Crippen LogP contribution in [0.1, 0.15) is 75.3 Å². The Morgan fingerprint density at radius 2 is 0.896 bits per heavy atom. The van der Waals surface area contributed by atoms with Gasteiger partial charge in [-0.05, 0) is 36.8 Å². The molecule has 48 heavy (non-hydrogen) atoms. The van der Waals surface area contributed by atoms with Gasteiger partial charge in [0.1, 0.15) is 13.1 Å². The van der Waals surface area contributed by atoms with Crippen LogP contribution in [0.2, 0.25) is 0 Å². The smallest absolute Gasteiger partial charge is 0.343 e. The zero-order chi connectivity index (χ0) is 33.0. The Bertz CT molecular complexity index is 1220. The lowest BCUT2D eigenvalue weighted by Gasteiger charge is -2.33. The molecule has 0 aromatic heterocycles. The second-order valence-corrected chi connectivity index (χ2v) is 15.5. The Morgan fingerprint density at radius 3 is 1.17 bits per heavy atom. The van der Waals surface area contributed by atoms with Crippen LogP contribution in [0.15, 0.2) is 60.7 Å². The lowest BCUT2D eigenvalue weighted by atomic mass is 9.80. The third kappa shape index (κ3) is 9.29. The van der Waals surface area contributed by atoms with Crippen LogP contribution in [0, 0.1) is 11.8 Å². The molecular weight excluding hydrogens is 740 g/mol. The van der Waals surface area contributed by atoms with Crippen LogP contribution in [0.4, 0.5) is 0 Å². The van der Waals surface area contributed by atoms with Crippen molar-refractivity contribution in [1.82, 2.24) is 0 Å². The summed E-state index contributed by atoms with van der Waals surface area (Å²) in [6.07, 6.45) is 9.37. The number of likely N-dealkylation sites (N-methyl/N-ethyl adjacent to an activating group) is 2. The second kappa shape index (κ2) is 16.9. The van der Waals surface area contributed by atoms with Gasteiger partial charge in [0.25, 0.3) is 0 Å². The molecule has 268 valence electrons. The summed E-state index contributed by atoms with van der Waals surface area (Å²) in [5.74, 6) is -0.993. The van der Waals surface area contributed by atoms with E-state index in [-0.39, 0.29) is 58.0 Å². The van der Waals surface area contributed by atoms with E-state index in [9.17, 15) is 19.8 Å². The van der Waals surface area contributed by atoms with E-state index in [1.54, 1.807) is 0 Å². The number of nitrogens with zero attached hydrogens (tertiary/aromatic N) is 2. The summed E-state index contributed by atoms with van der Waals surface area (Å²) < 4.78 is 13.3. The lowest BCUT2D eigenvalue weighted by Crippen LogP contribution is -3.00. The number of halogens is 2. The van der Waals surface area contributed by atoms with Gasteiger partial charge in [-0.2, -0.15) is 0 Å². The molecule has 2 aromatic rings. The summed E-state index contributed by atoms with van der Waals surface area (Å²) in [6, 6.07) is 18.7. The fraction of sp³-hybridized carbons (Fsp3) is 0.632. The van der Waals surface area contributed by atoms with E-state index in [2.05, 4.69) is 28.2 Å². The van der Waals surface area contributed by atoms with E-state index in [0.717, 1.165) is 99.4 Å². The molecule has 4 aliphatic rings. The van der Waals surface area contributed by atoms with Gasteiger partial charge in [-0.25, -0.2) is 9.59 Å². The van der Waals surface area contributed by atoms with E-state index in [0.29, 0.717) is 11.1 Å². The van der Waals surface area contributed by atoms with Gasteiger partial charge < -0.3 is 62.6 Å². The number of benzene rings is 2. The minimum atomic E-state index is -1.50. The minimum Gasteiger partial charge on any atom is -1.00 e. The number of esters is 2. The summed E-state index contributed by atoms with van der Waals surface area (Å²) in [4.78, 5) is 25.9. The van der Waals surface area contributed by atoms with Gasteiger partial charge >= 0.3 is 11.9 Å². The Labute approximate surface area is 308 Å². The van der Waals surface area contributed by atoms with Crippen molar-refractivity contribution in [3.05, 3.63) is 71.8 Å². The first-order valence-electron chi connectivity index (χ1n) is 17.5. The summed E-state index contributed by atoms with van der Waals surface area (Å²) in [5.41, 5.74) is -1.66. The molecule has 2 saturated heterocycles. The highest BCUT2D eigenvalue weighted by Crippen LogP contribution is 2.43. The third-order valence-corrected chi connectivity index (χ3v) is 11.0. The van der Waals surface area contributed by atoms with Crippen molar-refractivity contribution >= 4 is 11.9 Å². The number of carbonyl (C=O) groups excluding carboxylic acids is 2. The number of rotatable bonds is 8. The van der Waals surface area contributed by atoms with Crippen LogP contribution in [-0.4, -0.2) is 97.7 Å². The fourth-order valence-electron chi connectivity index (χ4n) is 8.24. The monoisotopic (exact) mass is 794 g/mol. The molecule has 0 unspecified atom stereocenters. The molecule has 6 rings (SSSR count). The van der Waals surface area contributed by atoms with E-state index >= 15 is 0 Å².